The molecular weight excluding hydrogens is 258 g/mol. The van der Waals surface area contributed by atoms with Crippen molar-refractivity contribution in [1.82, 2.24) is 4.98 Å². The first kappa shape index (κ1) is 13.1. The van der Waals surface area contributed by atoms with Crippen LogP contribution in [-0.4, -0.2) is 18.1 Å². The standard InChI is InChI=1S/C18H23N3/c19-11-16-10-14-6-3-7-17(14)20-18(16)21-9-8-13-4-1-2-5-15(13)12-21/h10,13,15H,1-9,12H2. The van der Waals surface area contributed by atoms with E-state index in [1.807, 2.05) is 0 Å². The molecular formula is C18H23N3. The number of nitrogens with zero attached hydrogens (tertiary/aromatic N) is 3. The van der Waals surface area contributed by atoms with Gasteiger partial charge in [0.2, 0.25) is 0 Å². The van der Waals surface area contributed by atoms with Gasteiger partial charge in [-0.05, 0) is 55.6 Å². The summed E-state index contributed by atoms with van der Waals surface area (Å²) in [5.74, 6) is 2.73. The Balaban J connectivity index is 1.63. The third kappa shape index (κ3) is 2.31. The highest BCUT2D eigenvalue weighted by Gasteiger charge is 2.32. The van der Waals surface area contributed by atoms with Crippen LogP contribution >= 0.6 is 0 Å². The molecule has 2 aliphatic carbocycles. The second-order valence-corrected chi connectivity index (χ2v) is 6.97. The largest absolute Gasteiger partial charge is 0.355 e. The molecule has 0 aromatic carbocycles. The number of hydrogen-bond donors (Lipinski definition) is 0. The number of aromatic nitrogens is 1. The van der Waals surface area contributed by atoms with E-state index in [0.717, 1.165) is 49.1 Å². The number of fused-ring (bicyclic) bond motifs is 2. The lowest BCUT2D eigenvalue weighted by molar-refractivity contribution is 0.202. The van der Waals surface area contributed by atoms with Crippen molar-refractivity contribution >= 4 is 5.82 Å². The molecule has 4 rings (SSSR count). The normalized spacial score (nSPS) is 27.9. The minimum atomic E-state index is 0.796. The molecule has 2 heterocycles. The summed E-state index contributed by atoms with van der Waals surface area (Å²) in [4.78, 5) is 7.30. The highest BCUT2D eigenvalue weighted by Crippen LogP contribution is 2.38. The maximum Gasteiger partial charge on any atom is 0.146 e. The molecule has 21 heavy (non-hydrogen) atoms. The van der Waals surface area contributed by atoms with Gasteiger partial charge in [0.1, 0.15) is 11.9 Å². The van der Waals surface area contributed by atoms with Gasteiger partial charge < -0.3 is 4.90 Å². The Kier molecular flexibility index (Phi) is 3.33. The van der Waals surface area contributed by atoms with Gasteiger partial charge >= 0.3 is 0 Å². The lowest BCUT2D eigenvalue weighted by atomic mass is 9.75. The lowest BCUT2D eigenvalue weighted by Crippen LogP contribution is -2.42. The number of rotatable bonds is 1. The number of pyridine rings is 1. The highest BCUT2D eigenvalue weighted by molar-refractivity contribution is 5.57. The summed E-state index contributed by atoms with van der Waals surface area (Å²) in [5.41, 5.74) is 3.35. The lowest BCUT2D eigenvalue weighted by Gasteiger charge is -2.42. The Bertz CT molecular complexity index is 587. The van der Waals surface area contributed by atoms with Gasteiger partial charge in [0.25, 0.3) is 0 Å². The molecule has 1 saturated carbocycles. The van der Waals surface area contributed by atoms with Gasteiger partial charge in [-0.3, -0.25) is 0 Å². The summed E-state index contributed by atoms with van der Waals surface area (Å²) in [7, 11) is 0. The monoisotopic (exact) mass is 281 g/mol. The topological polar surface area (TPSA) is 39.9 Å². The molecule has 3 aliphatic rings. The molecule has 0 bridgehead atoms. The number of piperidine rings is 1. The second kappa shape index (κ2) is 5.33. The van der Waals surface area contributed by atoms with E-state index in [2.05, 4.69) is 17.0 Å². The number of hydrogen-bond acceptors (Lipinski definition) is 3. The predicted molar refractivity (Wildman–Crippen MR) is 83.3 cm³/mol. The Morgan fingerprint density at radius 3 is 2.81 bits per heavy atom. The predicted octanol–water partition coefficient (Wildman–Crippen LogP) is 3.46. The fraction of sp³-hybridized carbons (Fsp3) is 0.667. The van der Waals surface area contributed by atoms with E-state index in [1.54, 1.807) is 0 Å². The summed E-state index contributed by atoms with van der Waals surface area (Å²) in [6, 6.07) is 4.50. The first-order chi connectivity index (χ1) is 10.3. The summed E-state index contributed by atoms with van der Waals surface area (Å²) in [5, 5.41) is 9.50. The van der Waals surface area contributed by atoms with Crippen LogP contribution in [0.3, 0.4) is 0 Å². The average molecular weight is 281 g/mol. The zero-order valence-corrected chi connectivity index (χ0v) is 12.6. The van der Waals surface area contributed by atoms with Gasteiger partial charge in [0.15, 0.2) is 0 Å². The van der Waals surface area contributed by atoms with Crippen LogP contribution in [-0.2, 0) is 12.8 Å². The van der Waals surface area contributed by atoms with Crippen LogP contribution in [0.25, 0.3) is 0 Å². The van der Waals surface area contributed by atoms with Crippen molar-refractivity contribution in [1.29, 1.82) is 5.26 Å². The van der Waals surface area contributed by atoms with Gasteiger partial charge in [0, 0.05) is 18.8 Å². The zero-order valence-electron chi connectivity index (χ0n) is 12.6. The highest BCUT2D eigenvalue weighted by atomic mass is 15.2. The van der Waals surface area contributed by atoms with Crippen LogP contribution in [0.1, 0.15) is 55.3 Å². The third-order valence-corrected chi connectivity index (χ3v) is 5.74. The Morgan fingerprint density at radius 1 is 1.10 bits per heavy atom. The SMILES string of the molecule is N#Cc1cc2c(nc1N1CCC3CCCCC3C1)CCC2. The minimum Gasteiger partial charge on any atom is -0.355 e. The maximum atomic E-state index is 9.50. The van der Waals surface area contributed by atoms with Crippen molar-refractivity contribution in [2.75, 3.05) is 18.0 Å². The van der Waals surface area contributed by atoms with Crippen molar-refractivity contribution in [3.05, 3.63) is 22.9 Å². The van der Waals surface area contributed by atoms with Crippen molar-refractivity contribution in [3.63, 3.8) is 0 Å². The molecule has 0 spiro atoms. The molecule has 2 fully saturated rings. The number of anilines is 1. The van der Waals surface area contributed by atoms with E-state index in [4.69, 9.17) is 4.98 Å². The van der Waals surface area contributed by atoms with Crippen LogP contribution in [0, 0.1) is 23.2 Å². The van der Waals surface area contributed by atoms with Gasteiger partial charge in [-0.2, -0.15) is 5.26 Å². The molecule has 2 unspecified atom stereocenters. The van der Waals surface area contributed by atoms with Gasteiger partial charge in [0.05, 0.1) is 5.56 Å². The number of nitriles is 1. The van der Waals surface area contributed by atoms with Crippen molar-refractivity contribution < 1.29 is 0 Å². The van der Waals surface area contributed by atoms with E-state index in [0.29, 0.717) is 0 Å². The summed E-state index contributed by atoms with van der Waals surface area (Å²) in [6.07, 6.45) is 10.3. The molecule has 0 amide bonds. The van der Waals surface area contributed by atoms with Gasteiger partial charge in [-0.25, -0.2) is 4.98 Å². The molecule has 1 saturated heterocycles. The van der Waals surface area contributed by atoms with Crippen molar-refractivity contribution in [2.24, 2.45) is 11.8 Å². The molecule has 2 atom stereocenters. The Morgan fingerprint density at radius 2 is 1.95 bits per heavy atom. The molecule has 1 aromatic rings. The molecule has 3 nitrogen and oxygen atoms in total. The minimum absolute atomic E-state index is 0.796. The molecule has 1 aliphatic heterocycles. The van der Waals surface area contributed by atoms with Gasteiger partial charge in [-0.15, -0.1) is 0 Å². The van der Waals surface area contributed by atoms with Crippen LogP contribution in [0.5, 0.6) is 0 Å². The van der Waals surface area contributed by atoms with E-state index in [-0.39, 0.29) is 0 Å². The zero-order chi connectivity index (χ0) is 14.2. The Hall–Kier alpha value is -1.56. The molecule has 0 radical (unpaired) electrons. The van der Waals surface area contributed by atoms with Crippen LogP contribution in [0.2, 0.25) is 0 Å². The molecule has 110 valence electrons. The van der Waals surface area contributed by atoms with E-state index in [9.17, 15) is 5.26 Å². The quantitative estimate of drug-likeness (QED) is 0.791. The third-order valence-electron chi connectivity index (χ3n) is 5.74. The van der Waals surface area contributed by atoms with E-state index >= 15 is 0 Å². The smallest absolute Gasteiger partial charge is 0.146 e. The van der Waals surface area contributed by atoms with Crippen LogP contribution in [0.15, 0.2) is 6.07 Å². The molecule has 0 N–H and O–H groups in total. The van der Waals surface area contributed by atoms with Crippen LogP contribution in [0.4, 0.5) is 5.82 Å². The first-order valence-corrected chi connectivity index (χ1v) is 8.53. The average Bonchev–Trinajstić information content (AvgIpc) is 3.00. The van der Waals surface area contributed by atoms with Gasteiger partial charge in [-0.1, -0.05) is 19.3 Å². The maximum absolute atomic E-state index is 9.50. The van der Waals surface area contributed by atoms with Crippen LogP contribution < -0.4 is 4.90 Å². The summed E-state index contributed by atoms with van der Waals surface area (Å²) >= 11 is 0. The summed E-state index contributed by atoms with van der Waals surface area (Å²) < 4.78 is 0. The second-order valence-electron chi connectivity index (χ2n) is 6.97. The molecule has 3 heteroatoms. The van der Waals surface area contributed by atoms with E-state index in [1.165, 1.54) is 49.8 Å². The van der Waals surface area contributed by atoms with Crippen molar-refractivity contribution in [2.45, 2.75) is 51.4 Å². The fourth-order valence-electron chi connectivity index (χ4n) is 4.58. The van der Waals surface area contributed by atoms with E-state index < -0.39 is 0 Å². The first-order valence-electron chi connectivity index (χ1n) is 8.53. The molecule has 1 aromatic heterocycles. The Labute approximate surface area is 127 Å². The van der Waals surface area contributed by atoms with Crippen molar-refractivity contribution in [3.8, 4) is 6.07 Å². The summed E-state index contributed by atoms with van der Waals surface area (Å²) in [6.45, 7) is 2.20. The fourth-order valence-corrected chi connectivity index (χ4v) is 4.58. The number of aryl methyl sites for hydroxylation is 2.